The molecule has 32 heavy (non-hydrogen) atoms. The van der Waals surface area contributed by atoms with Crippen molar-refractivity contribution in [3.8, 4) is 5.75 Å². The van der Waals surface area contributed by atoms with Gasteiger partial charge < -0.3 is 14.7 Å². The summed E-state index contributed by atoms with van der Waals surface area (Å²) >= 11 is 0. The molecule has 0 unspecified atom stereocenters. The zero-order valence-electron chi connectivity index (χ0n) is 18.6. The highest BCUT2D eigenvalue weighted by Gasteiger charge is 2.08. The second kappa shape index (κ2) is 8.87. The van der Waals surface area contributed by atoms with Crippen LogP contribution in [0.5, 0.6) is 5.75 Å². The molecule has 0 saturated carbocycles. The fourth-order valence-electron chi connectivity index (χ4n) is 4.38. The molecule has 3 heterocycles. The van der Waals surface area contributed by atoms with E-state index in [9.17, 15) is 0 Å². The first-order valence-corrected chi connectivity index (χ1v) is 11.3. The lowest BCUT2D eigenvalue weighted by Gasteiger charge is -2.07. The number of H-pyrrole nitrogens is 2. The van der Waals surface area contributed by atoms with Gasteiger partial charge in [-0.25, -0.2) is 9.97 Å². The SMILES string of the molecule is CCOc1ccc2[nH]cc(CCCc3nc(C)cc(Cc4ccc5[nH]ccc5c4)n3)c2c1. The zero-order chi connectivity index (χ0) is 21.9. The Hall–Kier alpha value is -3.60. The molecule has 0 fully saturated rings. The van der Waals surface area contributed by atoms with Gasteiger partial charge in [-0.05, 0) is 85.7 Å². The van der Waals surface area contributed by atoms with Gasteiger partial charge in [-0.15, -0.1) is 0 Å². The summed E-state index contributed by atoms with van der Waals surface area (Å²) < 4.78 is 5.67. The number of hydrogen-bond acceptors (Lipinski definition) is 3. The molecule has 162 valence electrons. The molecule has 0 aliphatic heterocycles. The van der Waals surface area contributed by atoms with Crippen LogP contribution in [0.15, 0.2) is 60.9 Å². The molecule has 0 radical (unpaired) electrons. The average Bonchev–Trinajstić information content (AvgIpc) is 3.40. The minimum absolute atomic E-state index is 0.678. The van der Waals surface area contributed by atoms with Crippen molar-refractivity contribution in [1.29, 1.82) is 0 Å². The fraction of sp³-hybridized carbons (Fsp3) is 0.259. The number of fused-ring (bicyclic) bond motifs is 2. The number of rotatable bonds is 8. The normalized spacial score (nSPS) is 11.4. The van der Waals surface area contributed by atoms with E-state index in [1.807, 2.05) is 19.2 Å². The van der Waals surface area contributed by atoms with Crippen molar-refractivity contribution in [2.24, 2.45) is 0 Å². The van der Waals surface area contributed by atoms with Gasteiger partial charge in [-0.3, -0.25) is 0 Å². The van der Waals surface area contributed by atoms with E-state index in [1.165, 1.54) is 27.4 Å². The number of aryl methyl sites for hydroxylation is 3. The van der Waals surface area contributed by atoms with Crippen LogP contribution in [-0.4, -0.2) is 26.5 Å². The van der Waals surface area contributed by atoms with Gasteiger partial charge in [0.2, 0.25) is 0 Å². The number of benzene rings is 2. The highest BCUT2D eigenvalue weighted by molar-refractivity contribution is 5.84. The van der Waals surface area contributed by atoms with Gasteiger partial charge in [-0.1, -0.05) is 6.07 Å². The van der Waals surface area contributed by atoms with E-state index >= 15 is 0 Å². The fourth-order valence-corrected chi connectivity index (χ4v) is 4.38. The summed E-state index contributed by atoms with van der Waals surface area (Å²) in [6, 6.07) is 17.0. The molecule has 5 rings (SSSR count). The van der Waals surface area contributed by atoms with Gasteiger partial charge in [0, 0.05) is 53.0 Å². The van der Waals surface area contributed by atoms with Crippen molar-refractivity contribution in [2.75, 3.05) is 6.61 Å². The molecule has 3 aromatic heterocycles. The summed E-state index contributed by atoms with van der Waals surface area (Å²) in [5.74, 6) is 1.85. The van der Waals surface area contributed by atoms with Crippen LogP contribution in [-0.2, 0) is 19.3 Å². The molecule has 2 N–H and O–H groups in total. The third-order valence-electron chi connectivity index (χ3n) is 5.85. The molecule has 5 nitrogen and oxygen atoms in total. The lowest BCUT2D eigenvalue weighted by atomic mass is 10.1. The van der Waals surface area contributed by atoms with Crippen molar-refractivity contribution in [3.05, 3.63) is 89.3 Å². The van der Waals surface area contributed by atoms with Crippen LogP contribution in [0.4, 0.5) is 0 Å². The number of nitrogens with zero attached hydrogens (tertiary/aromatic N) is 2. The Morgan fingerprint density at radius 1 is 0.906 bits per heavy atom. The number of nitrogens with one attached hydrogen (secondary N) is 2. The molecule has 5 heteroatoms. The van der Waals surface area contributed by atoms with Crippen LogP contribution in [0.1, 0.15) is 41.7 Å². The van der Waals surface area contributed by atoms with Crippen LogP contribution in [0.2, 0.25) is 0 Å². The first kappa shape index (κ1) is 20.3. The third kappa shape index (κ3) is 4.37. The van der Waals surface area contributed by atoms with Gasteiger partial charge in [0.05, 0.1) is 6.61 Å². The quantitative estimate of drug-likeness (QED) is 0.325. The predicted octanol–water partition coefficient (Wildman–Crippen LogP) is 5.91. The molecule has 0 spiro atoms. The van der Waals surface area contributed by atoms with Gasteiger partial charge >= 0.3 is 0 Å². The molecule has 0 saturated heterocycles. The lowest BCUT2D eigenvalue weighted by molar-refractivity contribution is 0.340. The van der Waals surface area contributed by atoms with E-state index in [-0.39, 0.29) is 0 Å². The molecular formula is C27H28N4O. The Bertz CT molecular complexity index is 1360. The Kier molecular flexibility index (Phi) is 5.63. The standard InChI is InChI=1S/C27H28N4O/c1-3-32-23-8-10-26-24(16-23)21(17-29-26)5-4-6-27-30-18(2)13-22(31-27)15-19-7-9-25-20(14-19)11-12-28-25/h7-14,16-17,28-29H,3-6,15H2,1-2H3. The van der Waals surface area contributed by atoms with Crippen molar-refractivity contribution >= 4 is 21.8 Å². The summed E-state index contributed by atoms with van der Waals surface area (Å²) in [5, 5.41) is 2.47. The van der Waals surface area contributed by atoms with E-state index in [0.717, 1.165) is 54.2 Å². The summed E-state index contributed by atoms with van der Waals surface area (Å²) in [5.41, 5.74) is 7.01. The first-order valence-electron chi connectivity index (χ1n) is 11.3. The lowest BCUT2D eigenvalue weighted by Crippen LogP contribution is -2.03. The second-order valence-corrected chi connectivity index (χ2v) is 8.30. The maximum atomic E-state index is 5.67. The molecule has 0 atom stereocenters. The van der Waals surface area contributed by atoms with Gasteiger partial charge in [0.1, 0.15) is 11.6 Å². The van der Waals surface area contributed by atoms with Crippen LogP contribution in [0, 0.1) is 6.92 Å². The van der Waals surface area contributed by atoms with E-state index in [2.05, 4.69) is 65.6 Å². The average molecular weight is 425 g/mol. The molecular weight excluding hydrogens is 396 g/mol. The van der Waals surface area contributed by atoms with Gasteiger partial charge in [0.25, 0.3) is 0 Å². The Morgan fingerprint density at radius 2 is 1.81 bits per heavy atom. The minimum atomic E-state index is 0.678. The van der Waals surface area contributed by atoms with Crippen LogP contribution < -0.4 is 4.74 Å². The Morgan fingerprint density at radius 3 is 2.72 bits per heavy atom. The van der Waals surface area contributed by atoms with Crippen molar-refractivity contribution < 1.29 is 4.74 Å². The van der Waals surface area contributed by atoms with E-state index in [4.69, 9.17) is 14.7 Å². The molecule has 2 aromatic carbocycles. The summed E-state index contributed by atoms with van der Waals surface area (Å²) in [7, 11) is 0. The van der Waals surface area contributed by atoms with E-state index < -0.39 is 0 Å². The Balaban J connectivity index is 1.27. The molecule has 5 aromatic rings. The molecule has 0 amide bonds. The van der Waals surface area contributed by atoms with Crippen molar-refractivity contribution in [1.82, 2.24) is 19.9 Å². The third-order valence-corrected chi connectivity index (χ3v) is 5.85. The molecule has 0 bridgehead atoms. The monoisotopic (exact) mass is 424 g/mol. The summed E-state index contributed by atoms with van der Waals surface area (Å²) in [4.78, 5) is 16.2. The largest absolute Gasteiger partial charge is 0.494 e. The highest BCUT2D eigenvalue weighted by Crippen LogP contribution is 2.25. The smallest absolute Gasteiger partial charge is 0.128 e. The summed E-state index contributed by atoms with van der Waals surface area (Å²) in [6.07, 6.45) is 7.76. The number of aromatic nitrogens is 4. The van der Waals surface area contributed by atoms with Crippen LogP contribution in [0.3, 0.4) is 0 Å². The molecule has 0 aliphatic rings. The second-order valence-electron chi connectivity index (χ2n) is 8.30. The van der Waals surface area contributed by atoms with Crippen molar-refractivity contribution in [3.63, 3.8) is 0 Å². The number of aromatic amines is 2. The maximum absolute atomic E-state index is 5.67. The van der Waals surface area contributed by atoms with E-state index in [1.54, 1.807) is 0 Å². The predicted molar refractivity (Wildman–Crippen MR) is 129 cm³/mol. The van der Waals surface area contributed by atoms with Crippen LogP contribution in [0.25, 0.3) is 21.8 Å². The van der Waals surface area contributed by atoms with Crippen LogP contribution >= 0.6 is 0 Å². The van der Waals surface area contributed by atoms with Gasteiger partial charge in [-0.2, -0.15) is 0 Å². The van der Waals surface area contributed by atoms with E-state index in [0.29, 0.717) is 6.61 Å². The Labute approximate surface area is 187 Å². The van der Waals surface area contributed by atoms with Crippen molar-refractivity contribution in [2.45, 2.75) is 39.5 Å². The zero-order valence-corrected chi connectivity index (χ0v) is 18.6. The van der Waals surface area contributed by atoms with Gasteiger partial charge in [0.15, 0.2) is 0 Å². The molecule has 0 aliphatic carbocycles. The first-order chi connectivity index (χ1) is 15.7. The summed E-state index contributed by atoms with van der Waals surface area (Å²) in [6.45, 7) is 4.74. The topological polar surface area (TPSA) is 66.6 Å². The maximum Gasteiger partial charge on any atom is 0.128 e. The highest BCUT2D eigenvalue weighted by atomic mass is 16.5. The minimum Gasteiger partial charge on any atom is -0.494 e. The number of hydrogen-bond donors (Lipinski definition) is 2. The number of ether oxygens (including phenoxy) is 1.